The van der Waals surface area contributed by atoms with Crippen LogP contribution in [0.4, 0.5) is 10.5 Å². The largest absolute Gasteiger partial charge is 0.339 e. The van der Waals surface area contributed by atoms with E-state index in [4.69, 9.17) is 0 Å². The van der Waals surface area contributed by atoms with E-state index in [1.54, 1.807) is 24.3 Å². The molecule has 0 fully saturated rings. The molecule has 3 rings (SSSR count). The van der Waals surface area contributed by atoms with Crippen LogP contribution >= 0.6 is 0 Å². The van der Waals surface area contributed by atoms with Crippen LogP contribution in [-0.2, 0) is 0 Å². The normalized spacial score (nSPS) is 10.9. The molecule has 5 heteroatoms. The Hall–Kier alpha value is -3.73. The smallest absolute Gasteiger partial charge is 0.307 e. The fraction of sp³-hybridized carbons (Fsp3) is 0.0455. The third-order valence-corrected chi connectivity index (χ3v) is 3.85. The van der Waals surface area contributed by atoms with Crippen molar-refractivity contribution < 1.29 is 9.59 Å². The average molecular weight is 357 g/mol. The van der Waals surface area contributed by atoms with Gasteiger partial charge in [-0.15, -0.1) is 0 Å². The topological polar surface area (TPSA) is 70.6 Å². The van der Waals surface area contributed by atoms with Gasteiger partial charge in [-0.25, -0.2) is 10.2 Å². The number of ketones is 1. The highest BCUT2D eigenvalue weighted by molar-refractivity contribution is 6.16. The van der Waals surface area contributed by atoms with E-state index in [0.29, 0.717) is 17.0 Å². The summed E-state index contributed by atoms with van der Waals surface area (Å²) in [4.78, 5) is 24.6. The molecule has 0 aliphatic carbocycles. The number of hydrogen-bond acceptors (Lipinski definition) is 3. The fourth-order valence-electron chi connectivity index (χ4n) is 2.51. The Morgan fingerprint density at radius 2 is 1.22 bits per heavy atom. The van der Waals surface area contributed by atoms with E-state index in [1.165, 1.54) is 0 Å². The summed E-state index contributed by atoms with van der Waals surface area (Å²) in [6.45, 7) is 0. The standard InChI is InChI=1S/C22H19N3O2/c26-21(18-12-6-2-7-13-18)16-20(17-10-4-1-5-11-17)24-25-22(27)23-19-14-8-3-9-15-19/h1-15H,16H2,(H2,23,25,27). The highest BCUT2D eigenvalue weighted by atomic mass is 16.2. The molecule has 2 amide bonds. The van der Waals surface area contributed by atoms with Crippen molar-refractivity contribution in [2.75, 3.05) is 5.32 Å². The second kappa shape index (κ2) is 9.10. The van der Waals surface area contributed by atoms with Gasteiger partial charge >= 0.3 is 6.03 Å². The molecule has 0 saturated heterocycles. The number of amides is 2. The first-order valence-electron chi connectivity index (χ1n) is 8.54. The number of para-hydroxylation sites is 1. The van der Waals surface area contributed by atoms with Gasteiger partial charge in [0.2, 0.25) is 0 Å². The van der Waals surface area contributed by atoms with Gasteiger partial charge in [0.05, 0.1) is 12.1 Å². The first kappa shape index (κ1) is 18.1. The van der Waals surface area contributed by atoms with E-state index >= 15 is 0 Å². The summed E-state index contributed by atoms with van der Waals surface area (Å²) in [6, 6.07) is 26.9. The third-order valence-electron chi connectivity index (χ3n) is 3.85. The summed E-state index contributed by atoms with van der Waals surface area (Å²) in [6.07, 6.45) is 0.0830. The van der Waals surface area contributed by atoms with Gasteiger partial charge in [0, 0.05) is 11.3 Å². The lowest BCUT2D eigenvalue weighted by atomic mass is 10.0. The third kappa shape index (κ3) is 5.37. The Bertz CT molecular complexity index is 924. The number of hydrazone groups is 1. The minimum Gasteiger partial charge on any atom is -0.307 e. The Balaban J connectivity index is 1.74. The van der Waals surface area contributed by atoms with Gasteiger partial charge in [-0.3, -0.25) is 4.79 Å². The molecule has 0 radical (unpaired) electrons. The lowest BCUT2D eigenvalue weighted by Gasteiger charge is -2.08. The number of urea groups is 1. The number of Topliss-reactive ketones (excluding diaryl/α,β-unsaturated/α-hetero) is 1. The fourth-order valence-corrected chi connectivity index (χ4v) is 2.51. The Morgan fingerprint density at radius 3 is 1.81 bits per heavy atom. The molecule has 0 aliphatic heterocycles. The number of hydrogen-bond donors (Lipinski definition) is 2. The number of nitrogens with zero attached hydrogens (tertiary/aromatic N) is 1. The lowest BCUT2D eigenvalue weighted by Crippen LogP contribution is -2.26. The molecule has 27 heavy (non-hydrogen) atoms. The molecule has 0 unspecified atom stereocenters. The zero-order valence-electron chi connectivity index (χ0n) is 14.6. The van der Waals surface area contributed by atoms with Gasteiger partial charge < -0.3 is 5.32 Å². The highest BCUT2D eigenvalue weighted by Gasteiger charge is 2.12. The summed E-state index contributed by atoms with van der Waals surface area (Å²) in [7, 11) is 0. The van der Waals surface area contributed by atoms with Crippen molar-refractivity contribution in [2.45, 2.75) is 6.42 Å². The van der Waals surface area contributed by atoms with Crippen molar-refractivity contribution >= 4 is 23.2 Å². The van der Waals surface area contributed by atoms with Crippen LogP contribution in [0.5, 0.6) is 0 Å². The molecular weight excluding hydrogens is 338 g/mol. The number of benzene rings is 3. The summed E-state index contributed by atoms with van der Waals surface area (Å²) >= 11 is 0. The Morgan fingerprint density at radius 1 is 0.704 bits per heavy atom. The van der Waals surface area contributed by atoms with Crippen molar-refractivity contribution in [3.05, 3.63) is 102 Å². The maximum Gasteiger partial charge on any atom is 0.339 e. The number of carbonyl (C=O) groups is 2. The van der Waals surface area contributed by atoms with Gasteiger partial charge in [-0.05, 0) is 17.7 Å². The number of anilines is 1. The maximum atomic E-state index is 12.6. The van der Waals surface area contributed by atoms with Crippen molar-refractivity contribution in [3.8, 4) is 0 Å². The van der Waals surface area contributed by atoms with E-state index < -0.39 is 6.03 Å². The monoisotopic (exact) mass is 357 g/mol. The van der Waals surface area contributed by atoms with E-state index in [9.17, 15) is 9.59 Å². The van der Waals surface area contributed by atoms with Crippen molar-refractivity contribution in [1.29, 1.82) is 0 Å². The molecule has 0 bridgehead atoms. The van der Waals surface area contributed by atoms with Gasteiger partial charge in [0.15, 0.2) is 5.78 Å². The van der Waals surface area contributed by atoms with Crippen LogP contribution < -0.4 is 10.7 Å². The first-order valence-corrected chi connectivity index (χ1v) is 8.54. The average Bonchev–Trinajstić information content (AvgIpc) is 2.73. The van der Waals surface area contributed by atoms with Crippen molar-refractivity contribution in [1.82, 2.24) is 5.43 Å². The number of rotatable bonds is 6. The minimum atomic E-state index is -0.471. The minimum absolute atomic E-state index is 0.0662. The molecule has 134 valence electrons. The Kier molecular flexibility index (Phi) is 6.09. The SMILES string of the molecule is O=C(NN=C(CC(=O)c1ccccc1)c1ccccc1)Nc1ccccc1. The molecule has 0 aliphatic rings. The van der Waals surface area contributed by atoms with E-state index in [-0.39, 0.29) is 12.2 Å². The van der Waals surface area contributed by atoms with Crippen molar-refractivity contribution in [2.24, 2.45) is 5.10 Å². The second-order valence-electron chi connectivity index (χ2n) is 5.82. The summed E-state index contributed by atoms with van der Waals surface area (Å²) < 4.78 is 0. The maximum absolute atomic E-state index is 12.6. The molecule has 5 nitrogen and oxygen atoms in total. The molecule has 3 aromatic carbocycles. The van der Waals surface area contributed by atoms with Gasteiger partial charge in [-0.2, -0.15) is 5.10 Å². The van der Waals surface area contributed by atoms with Crippen LogP contribution in [0.1, 0.15) is 22.3 Å². The van der Waals surface area contributed by atoms with Crippen molar-refractivity contribution in [3.63, 3.8) is 0 Å². The molecule has 2 N–H and O–H groups in total. The first-order chi connectivity index (χ1) is 13.2. The molecule has 0 saturated carbocycles. The zero-order valence-corrected chi connectivity index (χ0v) is 14.6. The Labute approximate surface area is 157 Å². The van der Waals surface area contributed by atoms with E-state index in [0.717, 1.165) is 5.56 Å². The number of carbonyl (C=O) groups excluding carboxylic acids is 2. The van der Waals surface area contributed by atoms with Crippen LogP contribution in [0.25, 0.3) is 0 Å². The van der Waals surface area contributed by atoms with Gasteiger partial charge in [-0.1, -0.05) is 78.9 Å². The molecule has 0 spiro atoms. The predicted molar refractivity (Wildman–Crippen MR) is 107 cm³/mol. The van der Waals surface area contributed by atoms with Gasteiger partial charge in [0.25, 0.3) is 0 Å². The predicted octanol–water partition coefficient (Wildman–Crippen LogP) is 4.49. The van der Waals surface area contributed by atoms with Crippen LogP contribution in [0.15, 0.2) is 96.1 Å². The number of nitrogens with one attached hydrogen (secondary N) is 2. The summed E-state index contributed by atoms with van der Waals surface area (Å²) in [5.74, 6) is -0.0662. The lowest BCUT2D eigenvalue weighted by molar-refractivity contribution is 0.100. The molecule has 0 aromatic heterocycles. The van der Waals surface area contributed by atoms with E-state index in [2.05, 4.69) is 15.8 Å². The molecule has 0 atom stereocenters. The van der Waals surface area contributed by atoms with Crippen LogP contribution in [-0.4, -0.2) is 17.5 Å². The summed E-state index contributed by atoms with van der Waals surface area (Å²) in [5.41, 5.74) is 5.01. The van der Waals surface area contributed by atoms with Gasteiger partial charge in [0.1, 0.15) is 0 Å². The molecule has 3 aromatic rings. The molecular formula is C22H19N3O2. The van der Waals surface area contributed by atoms with E-state index in [1.807, 2.05) is 66.7 Å². The second-order valence-corrected chi connectivity index (χ2v) is 5.82. The summed E-state index contributed by atoms with van der Waals surface area (Å²) in [5, 5.41) is 6.88. The highest BCUT2D eigenvalue weighted by Crippen LogP contribution is 2.10. The van der Waals surface area contributed by atoms with Crippen LogP contribution in [0, 0.1) is 0 Å². The quantitative estimate of drug-likeness (QED) is 0.388. The zero-order chi connectivity index (χ0) is 18.9. The van der Waals surface area contributed by atoms with Crippen LogP contribution in [0.2, 0.25) is 0 Å². The van der Waals surface area contributed by atoms with Crippen LogP contribution in [0.3, 0.4) is 0 Å². The molecule has 0 heterocycles.